The van der Waals surface area contributed by atoms with Gasteiger partial charge in [-0.05, 0) is 57.6 Å². The van der Waals surface area contributed by atoms with Crippen molar-refractivity contribution < 1.29 is 32.6 Å². The first-order valence-electron chi connectivity index (χ1n) is 11.2. The van der Waals surface area contributed by atoms with Crippen LogP contribution in [-0.4, -0.2) is 56.3 Å². The molecular weight excluding hydrogens is 494 g/mol. The molecular formula is C24H34F2N2O5SSi. The standard InChI is InChI=1S/C24H34F2N2O5SSi/c1-23(2,3)33-22(30)28(15-32-12-13-35(6,7)8)21-27-24(4,14-18(34-21)20(29)31-5)16-10-9-11-17(25)19(16)26/h9-11,14H,12-13,15H2,1-8H3/t24-/m0/s1. The molecule has 1 aliphatic heterocycles. The number of halogens is 2. The lowest BCUT2D eigenvalue weighted by atomic mass is 9.91. The number of esters is 1. The van der Waals surface area contributed by atoms with Crippen molar-refractivity contribution in [2.45, 2.75) is 64.5 Å². The maximum absolute atomic E-state index is 14.8. The lowest BCUT2D eigenvalue weighted by Crippen LogP contribution is -2.43. The van der Waals surface area contributed by atoms with Crippen LogP contribution in [0, 0.1) is 11.6 Å². The number of hydrogen-bond acceptors (Lipinski definition) is 7. The van der Waals surface area contributed by atoms with Crippen LogP contribution in [0.2, 0.25) is 25.7 Å². The molecule has 1 aromatic rings. The van der Waals surface area contributed by atoms with Crippen molar-refractivity contribution in [2.24, 2.45) is 4.99 Å². The van der Waals surface area contributed by atoms with Gasteiger partial charge in [0.15, 0.2) is 16.8 Å². The van der Waals surface area contributed by atoms with Gasteiger partial charge in [0.2, 0.25) is 0 Å². The Labute approximate surface area is 210 Å². The van der Waals surface area contributed by atoms with E-state index in [4.69, 9.17) is 14.2 Å². The second kappa shape index (κ2) is 11.2. The number of hydrogen-bond donors (Lipinski definition) is 0. The average Bonchev–Trinajstić information content (AvgIpc) is 2.72. The van der Waals surface area contributed by atoms with Crippen LogP contribution in [0.4, 0.5) is 13.6 Å². The lowest BCUT2D eigenvalue weighted by molar-refractivity contribution is -0.135. The van der Waals surface area contributed by atoms with Crippen molar-refractivity contribution in [1.82, 2.24) is 4.90 Å². The van der Waals surface area contributed by atoms with E-state index in [1.165, 1.54) is 32.2 Å². The van der Waals surface area contributed by atoms with Gasteiger partial charge < -0.3 is 14.2 Å². The Morgan fingerprint density at radius 1 is 1.20 bits per heavy atom. The molecule has 7 nitrogen and oxygen atoms in total. The van der Waals surface area contributed by atoms with Crippen LogP contribution in [-0.2, 0) is 24.5 Å². The zero-order chi connectivity index (χ0) is 26.6. The average molecular weight is 529 g/mol. The molecule has 0 saturated heterocycles. The van der Waals surface area contributed by atoms with Gasteiger partial charge >= 0.3 is 12.1 Å². The molecule has 1 heterocycles. The maximum Gasteiger partial charge on any atom is 0.418 e. The molecule has 0 spiro atoms. The third-order valence-electron chi connectivity index (χ3n) is 4.89. The van der Waals surface area contributed by atoms with Crippen LogP contribution >= 0.6 is 11.8 Å². The van der Waals surface area contributed by atoms with Gasteiger partial charge in [-0.15, -0.1) is 0 Å². The van der Waals surface area contributed by atoms with Crippen molar-refractivity contribution in [3.05, 3.63) is 46.4 Å². The van der Waals surface area contributed by atoms with Crippen LogP contribution in [0.5, 0.6) is 0 Å². The van der Waals surface area contributed by atoms with Gasteiger partial charge in [-0.1, -0.05) is 31.8 Å². The molecule has 0 bridgehead atoms. The molecule has 1 aliphatic rings. The van der Waals surface area contributed by atoms with Gasteiger partial charge in [0, 0.05) is 20.2 Å². The summed E-state index contributed by atoms with van der Waals surface area (Å²) in [5.41, 5.74) is -2.41. The van der Waals surface area contributed by atoms with E-state index in [0.717, 1.165) is 28.8 Å². The summed E-state index contributed by atoms with van der Waals surface area (Å²) in [4.78, 5) is 31.4. The van der Waals surface area contributed by atoms with Gasteiger partial charge in [-0.3, -0.25) is 0 Å². The monoisotopic (exact) mass is 528 g/mol. The SMILES string of the molecule is COC(=O)C1=C[C@@](C)(c2cccc(F)c2F)N=C(N(COCC[Si](C)(C)C)C(=O)OC(C)(C)C)S1. The quantitative estimate of drug-likeness (QED) is 0.190. The fourth-order valence-electron chi connectivity index (χ4n) is 3.02. The van der Waals surface area contributed by atoms with E-state index in [2.05, 4.69) is 24.6 Å². The normalized spacial score (nSPS) is 18.5. The lowest BCUT2D eigenvalue weighted by Gasteiger charge is -2.33. The second-order valence-corrected chi connectivity index (χ2v) is 17.1. The number of carbonyl (C=O) groups excluding carboxylic acids is 2. The van der Waals surface area contributed by atoms with Gasteiger partial charge in [0.25, 0.3) is 0 Å². The van der Waals surface area contributed by atoms with Crippen LogP contribution in [0.15, 0.2) is 34.2 Å². The molecule has 0 N–H and O–H groups in total. The molecule has 35 heavy (non-hydrogen) atoms. The first-order chi connectivity index (χ1) is 16.1. The number of nitrogens with zero attached hydrogens (tertiary/aromatic N) is 2. The summed E-state index contributed by atoms with van der Waals surface area (Å²) in [5, 5.41) is 0.0429. The summed E-state index contributed by atoms with van der Waals surface area (Å²) in [5.74, 6) is -2.85. The van der Waals surface area contributed by atoms with E-state index >= 15 is 0 Å². The third-order valence-corrected chi connectivity index (χ3v) is 7.59. The predicted octanol–water partition coefficient (Wildman–Crippen LogP) is 5.89. The van der Waals surface area contributed by atoms with Crippen LogP contribution in [0.1, 0.15) is 33.3 Å². The fourth-order valence-corrected chi connectivity index (χ4v) is 4.90. The number of benzene rings is 1. The largest absolute Gasteiger partial charge is 0.465 e. The molecule has 0 aliphatic carbocycles. The van der Waals surface area contributed by atoms with E-state index in [-0.39, 0.29) is 22.4 Å². The molecule has 2 rings (SSSR count). The highest BCUT2D eigenvalue weighted by atomic mass is 32.2. The number of carbonyl (C=O) groups is 2. The molecule has 0 aromatic heterocycles. The topological polar surface area (TPSA) is 77.4 Å². The third kappa shape index (κ3) is 8.15. The highest BCUT2D eigenvalue weighted by molar-refractivity contribution is 8.17. The Morgan fingerprint density at radius 2 is 1.86 bits per heavy atom. The maximum atomic E-state index is 14.8. The van der Waals surface area contributed by atoms with Crippen molar-refractivity contribution in [1.29, 1.82) is 0 Å². The van der Waals surface area contributed by atoms with Gasteiger partial charge in [0.1, 0.15) is 17.9 Å². The predicted molar refractivity (Wildman–Crippen MR) is 136 cm³/mol. The van der Waals surface area contributed by atoms with Gasteiger partial charge in [-0.2, -0.15) is 0 Å². The minimum atomic E-state index is -1.51. The fraction of sp³-hybridized carbons (Fsp3) is 0.542. The number of thioether (sulfide) groups is 1. The summed E-state index contributed by atoms with van der Waals surface area (Å²) < 4.78 is 45.0. The van der Waals surface area contributed by atoms with E-state index in [1.807, 2.05) is 0 Å². The first-order valence-corrected chi connectivity index (χ1v) is 15.7. The minimum absolute atomic E-state index is 0.0429. The minimum Gasteiger partial charge on any atom is -0.465 e. The van der Waals surface area contributed by atoms with E-state index in [0.29, 0.717) is 6.61 Å². The van der Waals surface area contributed by atoms with Gasteiger partial charge in [0.05, 0.1) is 12.0 Å². The van der Waals surface area contributed by atoms with E-state index in [9.17, 15) is 18.4 Å². The van der Waals surface area contributed by atoms with Crippen molar-refractivity contribution in [3.8, 4) is 0 Å². The second-order valence-electron chi connectivity index (χ2n) is 10.5. The van der Waals surface area contributed by atoms with E-state index < -0.39 is 42.9 Å². The smallest absolute Gasteiger partial charge is 0.418 e. The number of amidine groups is 1. The molecule has 0 fully saturated rings. The molecule has 194 valence electrons. The molecule has 1 amide bonds. The number of methoxy groups -OCH3 is 1. The Hall–Kier alpha value is -2.24. The summed E-state index contributed by atoms with van der Waals surface area (Å²) in [7, 11) is -0.178. The Kier molecular flexibility index (Phi) is 9.29. The first kappa shape index (κ1) is 29.0. The van der Waals surface area contributed by atoms with Gasteiger partial charge in [-0.25, -0.2) is 28.3 Å². The Balaban J connectivity index is 2.53. The molecule has 0 unspecified atom stereocenters. The molecule has 1 aromatic carbocycles. The number of rotatable bonds is 7. The van der Waals surface area contributed by atoms with Crippen LogP contribution in [0.25, 0.3) is 0 Å². The van der Waals surface area contributed by atoms with Crippen LogP contribution in [0.3, 0.4) is 0 Å². The molecule has 1 atom stereocenters. The molecule has 11 heteroatoms. The molecule has 0 radical (unpaired) electrons. The summed E-state index contributed by atoms with van der Waals surface area (Å²) >= 11 is 0.871. The Bertz CT molecular complexity index is 1020. The number of aliphatic imine (C=N–C) groups is 1. The zero-order valence-corrected chi connectivity index (χ0v) is 23.3. The van der Waals surface area contributed by atoms with E-state index in [1.54, 1.807) is 20.8 Å². The van der Waals surface area contributed by atoms with Crippen molar-refractivity contribution in [3.63, 3.8) is 0 Å². The summed E-state index contributed by atoms with van der Waals surface area (Å²) in [6.07, 6.45) is 0.648. The Morgan fingerprint density at radius 3 is 2.43 bits per heavy atom. The zero-order valence-electron chi connectivity index (χ0n) is 21.5. The number of amides is 1. The highest BCUT2D eigenvalue weighted by Crippen LogP contribution is 2.40. The van der Waals surface area contributed by atoms with Crippen molar-refractivity contribution >= 4 is 37.1 Å². The molecule has 0 saturated carbocycles. The highest BCUT2D eigenvalue weighted by Gasteiger charge is 2.38. The number of ether oxygens (including phenoxy) is 3. The summed E-state index contributed by atoms with van der Waals surface area (Å²) in [6.45, 7) is 13.5. The summed E-state index contributed by atoms with van der Waals surface area (Å²) in [6, 6.07) is 4.60. The van der Waals surface area contributed by atoms with Crippen LogP contribution < -0.4 is 0 Å². The van der Waals surface area contributed by atoms with Crippen molar-refractivity contribution in [2.75, 3.05) is 20.4 Å².